The molecule has 0 spiro atoms. The lowest BCUT2D eigenvalue weighted by Gasteiger charge is -1.93. The van der Waals surface area contributed by atoms with Crippen molar-refractivity contribution in [3.63, 3.8) is 0 Å². The normalized spacial score (nSPS) is 11.1. The van der Waals surface area contributed by atoms with Crippen LogP contribution in [0.25, 0.3) is 11.0 Å². The van der Waals surface area contributed by atoms with Gasteiger partial charge in [-0.15, -0.1) is 0 Å². The maximum atomic E-state index is 5.30. The van der Waals surface area contributed by atoms with Gasteiger partial charge in [-0.1, -0.05) is 90.1 Å². The van der Waals surface area contributed by atoms with Gasteiger partial charge in [0.15, 0.2) is 11.5 Å². The number of hydrogen-bond donors (Lipinski definition) is 0. The molecule has 1 aromatic heterocycles. The fourth-order valence-electron chi connectivity index (χ4n) is 2.87. The van der Waals surface area contributed by atoms with Gasteiger partial charge < -0.3 is 18.6 Å². The second-order valence-electron chi connectivity index (χ2n) is 6.02. The molecular weight excluding hydrogens is 412 g/mol. The van der Waals surface area contributed by atoms with Crippen LogP contribution >= 0.6 is 0 Å². The maximum absolute atomic E-state index is 5.30. The topological polar surface area (TPSA) is 40.8 Å². The van der Waals surface area contributed by atoms with Crippen molar-refractivity contribution in [2.24, 2.45) is 0 Å². The zero-order valence-corrected chi connectivity index (χ0v) is 20.8. The summed E-state index contributed by atoms with van der Waals surface area (Å²) in [5.41, 5.74) is 2.30. The molecule has 0 saturated carbocycles. The van der Waals surface area contributed by atoms with Gasteiger partial charge in [-0.3, -0.25) is 0 Å². The number of para-hydroxylation sites is 4. The van der Waals surface area contributed by atoms with E-state index in [9.17, 15) is 0 Å². The summed E-state index contributed by atoms with van der Waals surface area (Å²) in [4.78, 5) is 0. The van der Waals surface area contributed by atoms with Crippen molar-refractivity contribution < 1.29 is 18.6 Å². The lowest BCUT2D eigenvalue weighted by atomic mass is 10.2. The van der Waals surface area contributed by atoms with E-state index in [0.717, 1.165) is 41.2 Å². The van der Waals surface area contributed by atoms with E-state index in [1.54, 1.807) is 6.26 Å². The molecule has 0 N–H and O–H groups in total. The Hall–Kier alpha value is -3.40. The predicted molar refractivity (Wildman–Crippen MR) is 138 cm³/mol. The summed E-state index contributed by atoms with van der Waals surface area (Å²) in [6.07, 6.45) is 2.78. The van der Waals surface area contributed by atoms with E-state index in [0.29, 0.717) is 6.79 Å². The summed E-state index contributed by atoms with van der Waals surface area (Å²) in [5.74, 6) is 2.76. The summed E-state index contributed by atoms with van der Waals surface area (Å²) >= 11 is 0. The zero-order chi connectivity index (χ0) is 24.3. The molecule has 0 bridgehead atoms. The van der Waals surface area contributed by atoms with Gasteiger partial charge in [0.25, 0.3) is 0 Å². The van der Waals surface area contributed by atoms with Crippen LogP contribution in [0.2, 0.25) is 0 Å². The standard InChI is InChI=1S/C8H8O.C8H6O.C7H6O2.3C2H6/c2*1-2-4-8-7(3-1)5-6-9-8;1-2-4-7-6(3-1)8-5-9-7;3*1-2/h1-4H,5-6H2;1-6H;1-4H,5H2;3*1-2H3. The van der Waals surface area contributed by atoms with Gasteiger partial charge in [-0.05, 0) is 35.9 Å². The van der Waals surface area contributed by atoms with E-state index in [-0.39, 0.29) is 0 Å². The molecule has 0 unspecified atom stereocenters. The molecule has 3 heterocycles. The van der Waals surface area contributed by atoms with E-state index in [2.05, 4.69) is 6.07 Å². The average molecular weight is 451 g/mol. The molecule has 4 heteroatoms. The predicted octanol–water partition coefficient (Wildman–Crippen LogP) is 8.55. The smallest absolute Gasteiger partial charge is 0.231 e. The van der Waals surface area contributed by atoms with Crippen molar-refractivity contribution in [2.45, 2.75) is 48.0 Å². The molecule has 0 atom stereocenters. The Kier molecular flexibility index (Phi) is 14.4. The molecule has 3 aromatic carbocycles. The first-order valence-electron chi connectivity index (χ1n) is 11.9. The van der Waals surface area contributed by atoms with Crippen LogP contribution in [0.1, 0.15) is 47.1 Å². The minimum Gasteiger partial charge on any atom is -0.493 e. The first kappa shape index (κ1) is 27.6. The largest absolute Gasteiger partial charge is 0.493 e. The zero-order valence-electron chi connectivity index (χ0n) is 20.8. The average Bonchev–Trinajstić information content (AvgIpc) is 3.69. The molecular formula is C29H38O4. The third-order valence-electron chi connectivity index (χ3n) is 4.24. The highest BCUT2D eigenvalue weighted by Gasteiger charge is 2.09. The second kappa shape index (κ2) is 17.2. The number of hydrogen-bond acceptors (Lipinski definition) is 4. The monoisotopic (exact) mass is 450 g/mol. The maximum Gasteiger partial charge on any atom is 0.231 e. The number of furan rings is 1. The fourth-order valence-corrected chi connectivity index (χ4v) is 2.87. The first-order chi connectivity index (χ1) is 16.4. The molecule has 178 valence electrons. The second-order valence-corrected chi connectivity index (χ2v) is 6.02. The third-order valence-corrected chi connectivity index (χ3v) is 4.24. The SMILES string of the molecule is CC.CC.CC.c1ccc2c(c1)CCO2.c1ccc2c(c1)OCO2.c1ccc2occc2c1. The summed E-state index contributed by atoms with van der Waals surface area (Å²) < 4.78 is 20.6. The van der Waals surface area contributed by atoms with Crippen LogP contribution in [0.5, 0.6) is 17.2 Å². The minimum atomic E-state index is 0.360. The van der Waals surface area contributed by atoms with Crippen LogP contribution in [0.3, 0.4) is 0 Å². The number of fused-ring (bicyclic) bond motifs is 3. The molecule has 33 heavy (non-hydrogen) atoms. The van der Waals surface area contributed by atoms with Crippen LogP contribution in [-0.2, 0) is 6.42 Å². The van der Waals surface area contributed by atoms with Crippen molar-refractivity contribution in [3.8, 4) is 17.2 Å². The van der Waals surface area contributed by atoms with E-state index in [4.69, 9.17) is 18.6 Å². The van der Waals surface area contributed by atoms with Crippen LogP contribution in [-0.4, -0.2) is 13.4 Å². The molecule has 0 aliphatic carbocycles. The third kappa shape index (κ3) is 8.93. The van der Waals surface area contributed by atoms with Gasteiger partial charge in [-0.25, -0.2) is 0 Å². The molecule has 4 aromatic rings. The number of benzene rings is 3. The van der Waals surface area contributed by atoms with Crippen molar-refractivity contribution in [3.05, 3.63) is 90.7 Å². The molecule has 4 nitrogen and oxygen atoms in total. The summed E-state index contributed by atoms with van der Waals surface area (Å²) in [6.45, 7) is 13.2. The Labute approximate surface area is 199 Å². The Morgan fingerprint density at radius 1 is 0.545 bits per heavy atom. The highest BCUT2D eigenvalue weighted by atomic mass is 16.7. The highest BCUT2D eigenvalue weighted by Crippen LogP contribution is 2.30. The van der Waals surface area contributed by atoms with Gasteiger partial charge in [0, 0.05) is 11.8 Å². The van der Waals surface area contributed by atoms with Crippen molar-refractivity contribution in [2.75, 3.05) is 13.4 Å². The van der Waals surface area contributed by atoms with E-state index in [1.807, 2.05) is 114 Å². The molecule has 6 rings (SSSR count). The Morgan fingerprint density at radius 2 is 1.09 bits per heavy atom. The van der Waals surface area contributed by atoms with Gasteiger partial charge in [0.05, 0.1) is 12.9 Å². The Morgan fingerprint density at radius 3 is 1.70 bits per heavy atom. The summed E-state index contributed by atoms with van der Waals surface area (Å²) in [5, 5.41) is 1.16. The van der Waals surface area contributed by atoms with Crippen molar-refractivity contribution in [1.82, 2.24) is 0 Å². The van der Waals surface area contributed by atoms with Gasteiger partial charge >= 0.3 is 0 Å². The van der Waals surface area contributed by atoms with Gasteiger partial charge in [-0.2, -0.15) is 0 Å². The van der Waals surface area contributed by atoms with Gasteiger partial charge in [0.1, 0.15) is 11.3 Å². The van der Waals surface area contributed by atoms with E-state index < -0.39 is 0 Å². The summed E-state index contributed by atoms with van der Waals surface area (Å²) in [7, 11) is 0. The Bertz CT molecular complexity index is 881. The van der Waals surface area contributed by atoms with Crippen LogP contribution in [0, 0.1) is 0 Å². The Balaban J connectivity index is 0.000000222. The minimum absolute atomic E-state index is 0.360. The van der Waals surface area contributed by atoms with Crippen LogP contribution in [0.4, 0.5) is 0 Å². The molecule has 0 amide bonds. The van der Waals surface area contributed by atoms with Crippen molar-refractivity contribution >= 4 is 11.0 Å². The quantitative estimate of drug-likeness (QED) is 0.269. The van der Waals surface area contributed by atoms with E-state index in [1.165, 1.54) is 5.56 Å². The molecule has 2 aliphatic rings. The van der Waals surface area contributed by atoms with Crippen molar-refractivity contribution in [1.29, 1.82) is 0 Å². The molecule has 0 radical (unpaired) electrons. The number of ether oxygens (including phenoxy) is 3. The molecule has 0 saturated heterocycles. The lowest BCUT2D eigenvalue weighted by Crippen LogP contribution is -1.92. The van der Waals surface area contributed by atoms with E-state index >= 15 is 0 Å². The first-order valence-corrected chi connectivity index (χ1v) is 11.9. The highest BCUT2D eigenvalue weighted by molar-refractivity contribution is 5.76. The fraction of sp³-hybridized carbons (Fsp3) is 0.310. The number of rotatable bonds is 0. The molecule has 2 aliphatic heterocycles. The summed E-state index contributed by atoms with van der Waals surface area (Å²) in [6, 6.07) is 25.7. The van der Waals surface area contributed by atoms with Crippen LogP contribution in [0.15, 0.2) is 89.5 Å². The van der Waals surface area contributed by atoms with Crippen LogP contribution < -0.4 is 14.2 Å². The molecule has 0 fully saturated rings. The van der Waals surface area contributed by atoms with Gasteiger partial charge in [0.2, 0.25) is 6.79 Å². The lowest BCUT2D eigenvalue weighted by molar-refractivity contribution is 0.174.